The monoisotopic (exact) mass is 187 g/mol. The number of hydrogen-bond acceptors (Lipinski definition) is 2. The third kappa shape index (κ3) is 2.51. The van der Waals surface area contributed by atoms with E-state index in [9.17, 15) is 0 Å². The average Bonchev–Trinajstić information content (AvgIpc) is 1.72. The van der Waals surface area contributed by atoms with Gasteiger partial charge >= 0.3 is 0 Å². The maximum atomic E-state index is 3.67. The zero-order valence-corrected chi connectivity index (χ0v) is 4.99. The van der Waals surface area contributed by atoms with Crippen LogP contribution >= 0.6 is 0 Å². The van der Waals surface area contributed by atoms with Crippen molar-refractivity contribution in [3.8, 4) is 0 Å². The summed E-state index contributed by atoms with van der Waals surface area (Å²) in [5.41, 5.74) is 0. The van der Waals surface area contributed by atoms with Gasteiger partial charge in [0.1, 0.15) is 6.33 Å². The summed E-state index contributed by atoms with van der Waals surface area (Å²) in [6.07, 6.45) is 4.88. The molecule has 0 aliphatic heterocycles. The third-order valence-electron chi connectivity index (χ3n) is 0.478. The van der Waals surface area contributed by atoms with Crippen molar-refractivity contribution in [3.05, 3.63) is 24.8 Å². The normalized spacial score (nSPS) is 6.86. The second kappa shape index (κ2) is 3.99. The van der Waals surface area contributed by atoms with E-state index in [1.807, 2.05) is 0 Å². The van der Waals surface area contributed by atoms with E-state index in [0.29, 0.717) is 0 Å². The van der Waals surface area contributed by atoms with Gasteiger partial charge in [-0.15, -0.1) is 0 Å². The zero-order chi connectivity index (χ0) is 4.24. The summed E-state index contributed by atoms with van der Waals surface area (Å²) in [5.74, 6) is 0. The van der Waals surface area contributed by atoms with Crippen LogP contribution in [-0.2, 0) is 22.4 Å². The third-order valence-corrected chi connectivity index (χ3v) is 0.478. The molecule has 0 saturated heterocycles. The molecule has 0 saturated carbocycles. The van der Waals surface area contributed by atoms with Gasteiger partial charge in [-0.2, -0.15) is 0 Å². The standard InChI is InChI=1S/C4H4N2.Ag/c1-2-5-4-6-3-1;/h1-4H;. The van der Waals surface area contributed by atoms with E-state index in [1.165, 1.54) is 6.33 Å². The van der Waals surface area contributed by atoms with Crippen molar-refractivity contribution in [1.29, 1.82) is 0 Å². The Morgan fingerprint density at radius 1 is 1.00 bits per heavy atom. The van der Waals surface area contributed by atoms with Crippen LogP contribution in [0.3, 0.4) is 0 Å². The molecule has 0 bridgehead atoms. The van der Waals surface area contributed by atoms with Crippen LogP contribution in [0.1, 0.15) is 0 Å². The van der Waals surface area contributed by atoms with Crippen LogP contribution in [0.15, 0.2) is 24.8 Å². The SMILES string of the molecule is [Ag].c1cncnc1. The maximum absolute atomic E-state index is 3.67. The fourth-order valence-electron chi connectivity index (χ4n) is 0.253. The molecule has 7 heavy (non-hydrogen) atoms. The summed E-state index contributed by atoms with van der Waals surface area (Å²) in [7, 11) is 0. The van der Waals surface area contributed by atoms with Crippen LogP contribution < -0.4 is 0 Å². The zero-order valence-electron chi connectivity index (χ0n) is 3.51. The Balaban J connectivity index is 0.000000360. The van der Waals surface area contributed by atoms with Crippen LogP contribution in [0.25, 0.3) is 0 Å². The molecule has 1 heterocycles. The summed E-state index contributed by atoms with van der Waals surface area (Å²) >= 11 is 0. The van der Waals surface area contributed by atoms with Crippen LogP contribution in [0, 0.1) is 0 Å². The van der Waals surface area contributed by atoms with Gasteiger partial charge in [0.15, 0.2) is 0 Å². The predicted octanol–water partition coefficient (Wildman–Crippen LogP) is 0.474. The average molecular weight is 188 g/mol. The molecule has 1 aromatic heterocycles. The molecule has 0 fully saturated rings. The first-order valence-electron chi connectivity index (χ1n) is 1.70. The summed E-state index contributed by atoms with van der Waals surface area (Å²) in [4.78, 5) is 7.35. The number of aromatic nitrogens is 2. The van der Waals surface area contributed by atoms with Gasteiger partial charge < -0.3 is 0 Å². The summed E-state index contributed by atoms with van der Waals surface area (Å²) in [6.45, 7) is 0. The van der Waals surface area contributed by atoms with Crippen molar-refractivity contribution in [2.24, 2.45) is 0 Å². The van der Waals surface area contributed by atoms with E-state index < -0.39 is 0 Å². The van der Waals surface area contributed by atoms with Crippen LogP contribution in [-0.4, -0.2) is 9.97 Å². The summed E-state index contributed by atoms with van der Waals surface area (Å²) in [6, 6.07) is 1.78. The molecule has 1 rings (SSSR count). The van der Waals surface area contributed by atoms with E-state index in [2.05, 4.69) is 9.97 Å². The quantitative estimate of drug-likeness (QED) is 0.553. The van der Waals surface area contributed by atoms with Crippen molar-refractivity contribution >= 4 is 0 Å². The van der Waals surface area contributed by atoms with Gasteiger partial charge in [0, 0.05) is 34.8 Å². The molecular weight excluding hydrogens is 184 g/mol. The molecule has 0 atom stereocenters. The van der Waals surface area contributed by atoms with Gasteiger partial charge in [-0.25, -0.2) is 9.97 Å². The van der Waals surface area contributed by atoms with Crippen molar-refractivity contribution in [2.45, 2.75) is 0 Å². The van der Waals surface area contributed by atoms with Gasteiger partial charge in [-0.05, 0) is 6.07 Å². The molecule has 0 aliphatic carbocycles. The first-order chi connectivity index (χ1) is 3.00. The van der Waals surface area contributed by atoms with Crippen LogP contribution in [0.5, 0.6) is 0 Å². The molecule has 0 aromatic carbocycles. The van der Waals surface area contributed by atoms with Crippen molar-refractivity contribution in [1.82, 2.24) is 9.97 Å². The van der Waals surface area contributed by atoms with Crippen molar-refractivity contribution in [2.75, 3.05) is 0 Å². The number of rotatable bonds is 0. The van der Waals surface area contributed by atoms with Crippen molar-refractivity contribution < 1.29 is 22.4 Å². The molecular formula is C4H4AgN2. The minimum Gasteiger partial charge on any atom is -0.245 e. The molecule has 0 aliphatic rings. The van der Waals surface area contributed by atoms with E-state index in [0.717, 1.165) is 0 Å². The predicted molar refractivity (Wildman–Crippen MR) is 22.0 cm³/mol. The molecule has 0 unspecified atom stereocenters. The van der Waals surface area contributed by atoms with Crippen LogP contribution in [0.2, 0.25) is 0 Å². The molecule has 3 heteroatoms. The summed E-state index contributed by atoms with van der Waals surface area (Å²) < 4.78 is 0. The second-order valence-electron chi connectivity index (χ2n) is 0.904. The van der Waals surface area contributed by atoms with E-state index in [1.54, 1.807) is 18.5 Å². The first-order valence-corrected chi connectivity index (χ1v) is 1.70. The Bertz CT molecular complexity index is 81.6. The van der Waals surface area contributed by atoms with E-state index >= 15 is 0 Å². The number of hydrogen-bond donors (Lipinski definition) is 0. The van der Waals surface area contributed by atoms with Gasteiger partial charge in [-0.3, -0.25) is 0 Å². The van der Waals surface area contributed by atoms with E-state index in [-0.39, 0.29) is 22.4 Å². The maximum Gasteiger partial charge on any atom is 0.115 e. The Kier molecular flexibility index (Phi) is 3.89. The molecule has 41 valence electrons. The molecule has 1 radical (unpaired) electrons. The minimum atomic E-state index is 0. The Labute approximate surface area is 57.5 Å². The first kappa shape index (κ1) is 6.82. The molecule has 1 aromatic rings. The largest absolute Gasteiger partial charge is 0.245 e. The molecule has 0 spiro atoms. The van der Waals surface area contributed by atoms with Gasteiger partial charge in [-0.1, -0.05) is 0 Å². The Morgan fingerprint density at radius 2 is 1.57 bits per heavy atom. The van der Waals surface area contributed by atoms with Gasteiger partial charge in [0.2, 0.25) is 0 Å². The topological polar surface area (TPSA) is 25.8 Å². The number of nitrogens with zero attached hydrogens (tertiary/aromatic N) is 2. The van der Waals surface area contributed by atoms with Gasteiger partial charge in [0.25, 0.3) is 0 Å². The minimum absolute atomic E-state index is 0. The van der Waals surface area contributed by atoms with Crippen LogP contribution in [0.4, 0.5) is 0 Å². The fraction of sp³-hybridized carbons (Fsp3) is 0. The second-order valence-corrected chi connectivity index (χ2v) is 0.904. The van der Waals surface area contributed by atoms with E-state index in [4.69, 9.17) is 0 Å². The van der Waals surface area contributed by atoms with Crippen molar-refractivity contribution in [3.63, 3.8) is 0 Å². The Hall–Kier alpha value is -0.180. The molecule has 0 N–H and O–H groups in total. The summed E-state index contributed by atoms with van der Waals surface area (Å²) in [5, 5.41) is 0. The van der Waals surface area contributed by atoms with Gasteiger partial charge in [0.05, 0.1) is 0 Å². The Morgan fingerprint density at radius 3 is 1.71 bits per heavy atom. The molecule has 0 amide bonds. The smallest absolute Gasteiger partial charge is 0.115 e. The molecule has 2 nitrogen and oxygen atoms in total. The fourth-order valence-corrected chi connectivity index (χ4v) is 0.253.